The lowest BCUT2D eigenvalue weighted by atomic mass is 10.2. The van der Waals surface area contributed by atoms with Crippen LogP contribution in [0.15, 0.2) is 34.2 Å². The molecule has 0 radical (unpaired) electrons. The molecule has 4 rings (SSSR count). The number of hydrogen-bond donors (Lipinski definition) is 0. The molecular weight excluding hydrogens is 371 g/mol. The molecule has 0 fully saturated rings. The van der Waals surface area contributed by atoms with Gasteiger partial charge in [-0.25, -0.2) is 9.37 Å². The third-order valence-corrected chi connectivity index (χ3v) is 6.80. The molecule has 1 aliphatic rings. The van der Waals surface area contributed by atoms with Crippen molar-refractivity contribution in [3.8, 4) is 0 Å². The number of aromatic nitrogens is 2. The molecule has 0 N–H and O–H groups in total. The number of aryl methyl sites for hydroxylation is 2. The Balaban J connectivity index is 1.73. The second-order valence-corrected chi connectivity index (χ2v) is 8.33. The normalized spacial score (nSPS) is 13.5. The van der Waals surface area contributed by atoms with Crippen molar-refractivity contribution in [3.05, 3.63) is 56.4 Å². The topological polar surface area (TPSA) is 44.1 Å². The lowest BCUT2D eigenvalue weighted by Gasteiger charge is -2.12. The summed E-state index contributed by atoms with van der Waals surface area (Å²) in [7, 11) is 1.62. The maximum atomic E-state index is 13.4. The highest BCUT2D eigenvalue weighted by Crippen LogP contribution is 2.35. The molecular formula is C19H19FN2O2S2. The molecule has 0 aliphatic heterocycles. The molecule has 2 heterocycles. The second kappa shape index (κ2) is 7.50. The Morgan fingerprint density at radius 3 is 3.08 bits per heavy atom. The van der Waals surface area contributed by atoms with Gasteiger partial charge < -0.3 is 4.74 Å². The van der Waals surface area contributed by atoms with E-state index in [0.29, 0.717) is 24.1 Å². The first-order valence-corrected chi connectivity index (χ1v) is 10.4. The molecule has 1 aliphatic carbocycles. The molecule has 0 bridgehead atoms. The molecule has 7 heteroatoms. The second-order valence-electron chi connectivity index (χ2n) is 6.30. The van der Waals surface area contributed by atoms with Crippen LogP contribution in [-0.2, 0) is 29.9 Å². The summed E-state index contributed by atoms with van der Waals surface area (Å²) in [4.78, 5) is 20.1. The Kier molecular flexibility index (Phi) is 5.11. The third kappa shape index (κ3) is 3.31. The van der Waals surface area contributed by atoms with Gasteiger partial charge in [-0.05, 0) is 42.5 Å². The predicted octanol–water partition coefficient (Wildman–Crippen LogP) is 4.02. The van der Waals surface area contributed by atoms with E-state index in [4.69, 9.17) is 9.72 Å². The number of thioether (sulfide) groups is 1. The van der Waals surface area contributed by atoms with E-state index in [0.717, 1.165) is 35.0 Å². The number of nitrogens with zero attached hydrogens (tertiary/aromatic N) is 2. The molecule has 26 heavy (non-hydrogen) atoms. The molecule has 0 atom stereocenters. The zero-order valence-corrected chi connectivity index (χ0v) is 16.1. The summed E-state index contributed by atoms with van der Waals surface area (Å²) >= 11 is 3.11. The third-order valence-electron chi connectivity index (χ3n) is 4.57. The number of rotatable bonds is 6. The summed E-state index contributed by atoms with van der Waals surface area (Å²) in [6.07, 6.45) is 3.12. The lowest BCUT2D eigenvalue weighted by Crippen LogP contribution is -2.25. The van der Waals surface area contributed by atoms with Crippen LogP contribution in [0.4, 0.5) is 4.39 Å². The molecule has 0 unspecified atom stereocenters. The van der Waals surface area contributed by atoms with Crippen LogP contribution in [0.1, 0.15) is 22.4 Å². The van der Waals surface area contributed by atoms with Crippen molar-refractivity contribution < 1.29 is 9.13 Å². The van der Waals surface area contributed by atoms with E-state index in [2.05, 4.69) is 0 Å². The fourth-order valence-electron chi connectivity index (χ4n) is 3.32. The fourth-order valence-corrected chi connectivity index (χ4v) is 5.59. The molecule has 4 nitrogen and oxygen atoms in total. The maximum Gasteiger partial charge on any atom is 0.263 e. The van der Waals surface area contributed by atoms with Gasteiger partial charge in [-0.2, -0.15) is 0 Å². The number of thiophene rings is 1. The minimum Gasteiger partial charge on any atom is -0.383 e. The number of hydrogen-bond acceptors (Lipinski definition) is 5. The Hall–Kier alpha value is -1.70. The molecule has 3 aromatic rings. The zero-order valence-electron chi connectivity index (χ0n) is 14.5. The number of ether oxygens (including phenoxy) is 1. The van der Waals surface area contributed by atoms with Gasteiger partial charge in [0.15, 0.2) is 5.16 Å². The Morgan fingerprint density at radius 1 is 1.38 bits per heavy atom. The van der Waals surface area contributed by atoms with Gasteiger partial charge in [-0.3, -0.25) is 9.36 Å². The molecule has 1 aromatic carbocycles. The quantitative estimate of drug-likeness (QED) is 0.471. The number of fused-ring (bicyclic) bond motifs is 3. The summed E-state index contributed by atoms with van der Waals surface area (Å²) in [5.41, 5.74) is 2.08. The van der Waals surface area contributed by atoms with Gasteiger partial charge in [0.2, 0.25) is 0 Å². The van der Waals surface area contributed by atoms with Crippen LogP contribution < -0.4 is 5.56 Å². The lowest BCUT2D eigenvalue weighted by molar-refractivity contribution is 0.183. The van der Waals surface area contributed by atoms with Crippen molar-refractivity contribution in [1.29, 1.82) is 0 Å². The SMILES string of the molecule is COCCn1c(SCc2cccc(F)c2)nc2sc3c(c2c1=O)CCC3. The summed E-state index contributed by atoms with van der Waals surface area (Å²) in [6, 6.07) is 6.53. The minimum absolute atomic E-state index is 0.0215. The van der Waals surface area contributed by atoms with Crippen molar-refractivity contribution in [3.63, 3.8) is 0 Å². The van der Waals surface area contributed by atoms with Crippen LogP contribution in [0.25, 0.3) is 10.2 Å². The van der Waals surface area contributed by atoms with Gasteiger partial charge in [-0.15, -0.1) is 11.3 Å². The van der Waals surface area contributed by atoms with Crippen LogP contribution in [0.2, 0.25) is 0 Å². The van der Waals surface area contributed by atoms with Crippen LogP contribution >= 0.6 is 23.1 Å². The van der Waals surface area contributed by atoms with Crippen molar-refractivity contribution >= 4 is 33.3 Å². The predicted molar refractivity (Wildman–Crippen MR) is 104 cm³/mol. The highest BCUT2D eigenvalue weighted by atomic mass is 32.2. The van der Waals surface area contributed by atoms with Crippen LogP contribution in [0.5, 0.6) is 0 Å². The van der Waals surface area contributed by atoms with E-state index in [9.17, 15) is 9.18 Å². The van der Waals surface area contributed by atoms with E-state index in [1.807, 2.05) is 6.07 Å². The van der Waals surface area contributed by atoms with E-state index in [1.54, 1.807) is 29.1 Å². The summed E-state index contributed by atoms with van der Waals surface area (Å²) in [5, 5.41) is 1.46. The Labute approximate surface area is 159 Å². The maximum absolute atomic E-state index is 13.4. The molecule has 0 spiro atoms. The fraction of sp³-hybridized carbons (Fsp3) is 0.368. The van der Waals surface area contributed by atoms with Gasteiger partial charge in [0.25, 0.3) is 5.56 Å². The number of benzene rings is 1. The van der Waals surface area contributed by atoms with Crippen molar-refractivity contribution in [2.45, 2.75) is 36.7 Å². The van der Waals surface area contributed by atoms with E-state index in [-0.39, 0.29) is 11.4 Å². The summed E-state index contributed by atoms with van der Waals surface area (Å²) in [5.74, 6) is 0.311. The van der Waals surface area contributed by atoms with Crippen LogP contribution in [0.3, 0.4) is 0 Å². The smallest absolute Gasteiger partial charge is 0.263 e. The van der Waals surface area contributed by atoms with E-state index >= 15 is 0 Å². The highest BCUT2D eigenvalue weighted by Gasteiger charge is 2.23. The Bertz CT molecular complexity index is 1010. The van der Waals surface area contributed by atoms with Gasteiger partial charge in [0.05, 0.1) is 18.5 Å². The summed E-state index contributed by atoms with van der Waals surface area (Å²) in [6.45, 7) is 0.918. The monoisotopic (exact) mass is 390 g/mol. The zero-order chi connectivity index (χ0) is 18.1. The first-order chi connectivity index (χ1) is 12.7. The molecule has 0 saturated heterocycles. The Morgan fingerprint density at radius 2 is 2.27 bits per heavy atom. The number of methoxy groups -OCH3 is 1. The first kappa shape index (κ1) is 17.7. The average Bonchev–Trinajstić information content (AvgIpc) is 3.20. The van der Waals surface area contributed by atoms with Crippen LogP contribution in [-0.4, -0.2) is 23.3 Å². The van der Waals surface area contributed by atoms with Gasteiger partial charge >= 0.3 is 0 Å². The van der Waals surface area contributed by atoms with Crippen molar-refractivity contribution in [2.75, 3.05) is 13.7 Å². The summed E-state index contributed by atoms with van der Waals surface area (Å²) < 4.78 is 20.3. The standard InChI is InChI=1S/C19H19FN2O2S2/c1-24-9-8-22-18(23)16-14-6-3-7-15(14)26-17(16)21-19(22)25-11-12-4-2-5-13(20)10-12/h2,4-5,10H,3,6-9,11H2,1H3. The minimum atomic E-state index is -0.252. The van der Waals surface area contributed by atoms with Gasteiger partial charge in [0.1, 0.15) is 10.6 Å². The van der Waals surface area contributed by atoms with Crippen molar-refractivity contribution in [2.24, 2.45) is 0 Å². The van der Waals surface area contributed by atoms with E-state index in [1.165, 1.54) is 34.3 Å². The highest BCUT2D eigenvalue weighted by molar-refractivity contribution is 7.98. The first-order valence-electron chi connectivity index (χ1n) is 8.58. The molecule has 0 saturated carbocycles. The van der Waals surface area contributed by atoms with Crippen LogP contribution in [0, 0.1) is 5.82 Å². The van der Waals surface area contributed by atoms with Gasteiger partial charge in [0, 0.05) is 17.7 Å². The largest absolute Gasteiger partial charge is 0.383 e. The van der Waals surface area contributed by atoms with E-state index < -0.39 is 0 Å². The number of halogens is 1. The average molecular weight is 391 g/mol. The van der Waals surface area contributed by atoms with Gasteiger partial charge in [-0.1, -0.05) is 23.9 Å². The van der Waals surface area contributed by atoms with Crippen molar-refractivity contribution in [1.82, 2.24) is 9.55 Å². The molecule has 0 amide bonds. The molecule has 136 valence electrons. The molecule has 2 aromatic heterocycles.